The molecule has 5 atom stereocenters. The molecule has 0 bridgehead atoms. The van der Waals surface area contributed by atoms with Crippen LogP contribution in [-0.2, 0) is 0 Å². The zero-order chi connectivity index (χ0) is 27.0. The van der Waals surface area contributed by atoms with Crippen LogP contribution < -0.4 is 10.9 Å². The molecule has 3 saturated carbocycles. The van der Waals surface area contributed by atoms with Gasteiger partial charge < -0.3 is 0 Å². The molecular formula is C31H36N6O2. The van der Waals surface area contributed by atoms with Gasteiger partial charge in [0.05, 0.1) is 5.71 Å². The fourth-order valence-corrected chi connectivity index (χ4v) is 8.01. The van der Waals surface area contributed by atoms with E-state index in [9.17, 15) is 9.59 Å². The Balaban J connectivity index is 1.15. The van der Waals surface area contributed by atoms with Crippen LogP contribution in [0, 0.1) is 28.6 Å². The van der Waals surface area contributed by atoms with E-state index < -0.39 is 0 Å². The Bertz CT molecular complexity index is 1350. The maximum absolute atomic E-state index is 12.6. The highest BCUT2D eigenvalue weighted by Crippen LogP contribution is 2.64. The number of amides is 2. The van der Waals surface area contributed by atoms with Crippen molar-refractivity contribution in [1.29, 1.82) is 0 Å². The number of pyridine rings is 2. The molecule has 8 heteroatoms. The lowest BCUT2D eigenvalue weighted by molar-refractivity contribution is -0.0155. The number of hydrazone groups is 2. The van der Waals surface area contributed by atoms with Crippen LogP contribution in [0.25, 0.3) is 0 Å². The van der Waals surface area contributed by atoms with Crippen LogP contribution in [0.15, 0.2) is 70.9 Å². The summed E-state index contributed by atoms with van der Waals surface area (Å²) in [6.07, 6.45) is 17.3. The number of hydrogen-bond donors (Lipinski definition) is 2. The standard InChI is InChI=1S/C31H36N6O2/c1-30-13-7-23(34-36-28(38)20-9-15-32-16-10-20)19-22(30)3-4-24-25-5-6-27(31(25,2)14-8-26(24)30)35-37-29(39)21-11-17-33-18-12-21/h9-12,15-19,24-26H,3-8,13-14H2,1-2H3,(H,36,38)(H,37,39)/t24?,25?,26?,30-,31-/m0/s1. The zero-order valence-corrected chi connectivity index (χ0v) is 22.7. The average molecular weight is 525 g/mol. The molecule has 2 heterocycles. The zero-order valence-electron chi connectivity index (χ0n) is 22.7. The molecule has 0 spiro atoms. The molecule has 39 heavy (non-hydrogen) atoms. The van der Waals surface area contributed by atoms with Crippen LogP contribution in [-0.4, -0.2) is 33.2 Å². The minimum absolute atomic E-state index is 0.0444. The fourth-order valence-electron chi connectivity index (χ4n) is 8.01. The predicted octanol–water partition coefficient (Wildman–Crippen LogP) is 5.31. The molecule has 4 aliphatic carbocycles. The molecule has 2 aromatic rings. The highest BCUT2D eigenvalue weighted by molar-refractivity contribution is 6.00. The summed E-state index contributed by atoms with van der Waals surface area (Å²) in [4.78, 5) is 33.0. The van der Waals surface area contributed by atoms with Gasteiger partial charge in [-0.15, -0.1) is 0 Å². The quantitative estimate of drug-likeness (QED) is 0.528. The first kappa shape index (κ1) is 25.6. The lowest BCUT2D eigenvalue weighted by Crippen LogP contribution is -2.50. The Morgan fingerprint density at radius 2 is 1.38 bits per heavy atom. The molecule has 0 aromatic carbocycles. The van der Waals surface area contributed by atoms with E-state index in [-0.39, 0.29) is 22.6 Å². The van der Waals surface area contributed by atoms with Gasteiger partial charge >= 0.3 is 0 Å². The molecule has 6 rings (SSSR count). The molecule has 2 amide bonds. The number of nitrogens with one attached hydrogen (secondary N) is 2. The average Bonchev–Trinajstić information content (AvgIpc) is 3.31. The number of aromatic nitrogens is 2. The van der Waals surface area contributed by atoms with Gasteiger partial charge in [-0.25, -0.2) is 10.9 Å². The molecule has 4 aliphatic rings. The number of fused-ring (bicyclic) bond motifs is 5. The highest BCUT2D eigenvalue weighted by atomic mass is 16.2. The van der Waals surface area contributed by atoms with E-state index >= 15 is 0 Å². The molecule has 2 N–H and O–H groups in total. The SMILES string of the molecule is C[C@]12CCC(=NNC(=O)c3ccncc3)C=C1CCC1C2CC[C@]2(C)C(=NNC(=O)c3ccncc3)CCC12. The summed E-state index contributed by atoms with van der Waals surface area (Å²) < 4.78 is 0. The fraction of sp³-hybridized carbons (Fsp3) is 0.484. The van der Waals surface area contributed by atoms with E-state index in [1.54, 1.807) is 49.1 Å². The van der Waals surface area contributed by atoms with Crippen LogP contribution in [0.2, 0.25) is 0 Å². The minimum Gasteiger partial charge on any atom is -0.267 e. The second kappa shape index (κ2) is 10.1. The molecule has 202 valence electrons. The smallest absolute Gasteiger partial charge is 0.267 e. The maximum atomic E-state index is 12.6. The Labute approximate surface area is 229 Å². The first-order valence-corrected chi connectivity index (χ1v) is 14.1. The van der Waals surface area contributed by atoms with E-state index in [0.29, 0.717) is 28.9 Å². The van der Waals surface area contributed by atoms with Gasteiger partial charge in [0.15, 0.2) is 0 Å². The van der Waals surface area contributed by atoms with Crippen LogP contribution in [0.4, 0.5) is 0 Å². The van der Waals surface area contributed by atoms with Gasteiger partial charge in [-0.3, -0.25) is 19.6 Å². The monoisotopic (exact) mass is 524 g/mol. The summed E-state index contributed by atoms with van der Waals surface area (Å²) in [5, 5.41) is 9.17. The van der Waals surface area contributed by atoms with Gasteiger partial charge in [-0.2, -0.15) is 10.2 Å². The maximum Gasteiger partial charge on any atom is 0.271 e. The third kappa shape index (κ3) is 4.60. The topological polar surface area (TPSA) is 109 Å². The lowest BCUT2D eigenvalue weighted by atomic mass is 9.47. The van der Waals surface area contributed by atoms with Crippen molar-refractivity contribution in [2.24, 2.45) is 38.8 Å². The molecule has 8 nitrogen and oxygen atoms in total. The van der Waals surface area contributed by atoms with Crippen molar-refractivity contribution in [3.8, 4) is 0 Å². The van der Waals surface area contributed by atoms with E-state index in [0.717, 1.165) is 49.9 Å². The van der Waals surface area contributed by atoms with Crippen LogP contribution in [0.3, 0.4) is 0 Å². The largest absolute Gasteiger partial charge is 0.271 e. The van der Waals surface area contributed by atoms with E-state index in [2.05, 4.69) is 45.8 Å². The minimum atomic E-state index is -0.206. The Morgan fingerprint density at radius 1 is 0.769 bits per heavy atom. The molecule has 0 saturated heterocycles. The number of hydrogen-bond acceptors (Lipinski definition) is 6. The Kier molecular flexibility index (Phi) is 6.65. The van der Waals surface area contributed by atoms with Crippen molar-refractivity contribution in [2.75, 3.05) is 0 Å². The van der Waals surface area contributed by atoms with Crippen molar-refractivity contribution in [3.63, 3.8) is 0 Å². The molecular weight excluding hydrogens is 488 g/mol. The molecule has 3 fully saturated rings. The van der Waals surface area contributed by atoms with Crippen molar-refractivity contribution in [3.05, 3.63) is 71.8 Å². The van der Waals surface area contributed by atoms with Crippen molar-refractivity contribution >= 4 is 23.2 Å². The number of rotatable bonds is 4. The van der Waals surface area contributed by atoms with Crippen LogP contribution >= 0.6 is 0 Å². The third-order valence-corrected chi connectivity index (χ3v) is 10.2. The Hall–Kier alpha value is -3.68. The summed E-state index contributed by atoms with van der Waals surface area (Å²) in [5.74, 6) is 1.53. The number of carbonyl (C=O) groups is 2. The summed E-state index contributed by atoms with van der Waals surface area (Å²) in [6.45, 7) is 4.84. The Morgan fingerprint density at radius 3 is 2.05 bits per heavy atom. The number of allylic oxidation sites excluding steroid dienone is 2. The lowest BCUT2D eigenvalue weighted by Gasteiger charge is -2.57. The predicted molar refractivity (Wildman–Crippen MR) is 150 cm³/mol. The number of carbonyl (C=O) groups excluding carboxylic acids is 2. The van der Waals surface area contributed by atoms with Gasteiger partial charge in [-0.1, -0.05) is 19.4 Å². The normalized spacial score (nSPS) is 33.5. The van der Waals surface area contributed by atoms with Gasteiger partial charge in [0.1, 0.15) is 0 Å². The van der Waals surface area contributed by atoms with E-state index in [4.69, 9.17) is 5.10 Å². The molecule has 0 radical (unpaired) electrons. The van der Waals surface area contributed by atoms with Crippen LogP contribution in [0.1, 0.15) is 85.9 Å². The summed E-state index contributed by atoms with van der Waals surface area (Å²) in [7, 11) is 0. The second-order valence-electron chi connectivity index (χ2n) is 12.0. The van der Waals surface area contributed by atoms with Gasteiger partial charge in [0, 0.05) is 47.0 Å². The van der Waals surface area contributed by atoms with Gasteiger partial charge in [0.25, 0.3) is 11.8 Å². The number of nitrogens with zero attached hydrogens (tertiary/aromatic N) is 4. The van der Waals surface area contributed by atoms with E-state index in [1.165, 1.54) is 18.4 Å². The molecule has 3 unspecified atom stereocenters. The van der Waals surface area contributed by atoms with Crippen molar-refractivity contribution in [2.45, 2.75) is 65.2 Å². The van der Waals surface area contributed by atoms with Crippen LogP contribution in [0.5, 0.6) is 0 Å². The van der Waals surface area contributed by atoms with Gasteiger partial charge in [0.2, 0.25) is 0 Å². The van der Waals surface area contributed by atoms with Crippen molar-refractivity contribution in [1.82, 2.24) is 20.8 Å². The molecule has 0 aliphatic heterocycles. The van der Waals surface area contributed by atoms with E-state index in [1.807, 2.05) is 0 Å². The first-order valence-electron chi connectivity index (χ1n) is 14.1. The second-order valence-corrected chi connectivity index (χ2v) is 12.0. The summed E-state index contributed by atoms with van der Waals surface area (Å²) in [6, 6.07) is 6.81. The third-order valence-electron chi connectivity index (χ3n) is 10.2. The van der Waals surface area contributed by atoms with Crippen molar-refractivity contribution < 1.29 is 9.59 Å². The summed E-state index contributed by atoms with van der Waals surface area (Å²) in [5.41, 5.74) is 10.5. The molecule has 2 aromatic heterocycles. The highest BCUT2D eigenvalue weighted by Gasteiger charge is 2.58. The van der Waals surface area contributed by atoms with Gasteiger partial charge in [-0.05, 0) is 105 Å². The first-order chi connectivity index (χ1) is 18.9. The summed E-state index contributed by atoms with van der Waals surface area (Å²) >= 11 is 0.